The predicted octanol–water partition coefficient (Wildman–Crippen LogP) is -3.77. The number of anilines is 2. The Morgan fingerprint density at radius 2 is 1.07 bits per heavy atom. The molecular formula is C34H25N6Na3O13S3. The van der Waals surface area contributed by atoms with E-state index in [0.717, 1.165) is 12.1 Å². The molecule has 19 nitrogen and oxygen atoms in total. The van der Waals surface area contributed by atoms with Gasteiger partial charge in [-0.25, -0.2) is 8.42 Å². The standard InChI is InChI=1S/C34H28N6O13S3.3Na/c1-52-27-11-16(3-7-22(27)37-39-24-9-5-19-29(55(46,47)48)10-6-21(35)31(19)34(24)42)17-4-8-23(28(12-17)53-2)38-40-25-15-30(56(49,50)51)20-13-18(54(43,44)45)14-26(41)32(20)33(25)36;;;/h3-15,41-42H,35-36H2,1-2H3,(H,43,44,45)(H,46,47,48)(H,49,50,51);;;/q;3*+1/p-3. The molecule has 0 unspecified atom stereocenters. The average Bonchev–Trinajstić information content (AvgIpc) is 3.12. The van der Waals surface area contributed by atoms with Crippen molar-refractivity contribution in [1.82, 2.24) is 0 Å². The molecule has 290 valence electrons. The summed E-state index contributed by atoms with van der Waals surface area (Å²) in [6.45, 7) is 0. The fourth-order valence-corrected chi connectivity index (χ4v) is 7.61. The fraction of sp³-hybridized carbons (Fsp3) is 0.0588. The maximum Gasteiger partial charge on any atom is 1.00 e. The summed E-state index contributed by atoms with van der Waals surface area (Å²) in [4.78, 5) is -2.46. The van der Waals surface area contributed by atoms with Crippen molar-refractivity contribution < 1.29 is 147 Å². The third-order valence-electron chi connectivity index (χ3n) is 8.33. The molecule has 0 saturated carbocycles. The monoisotopic (exact) mass is 890 g/mol. The largest absolute Gasteiger partial charge is 1.00 e. The number of nitrogens with two attached hydrogens (primary N) is 2. The minimum atomic E-state index is -5.19. The quantitative estimate of drug-likeness (QED) is 0.0444. The van der Waals surface area contributed by atoms with Gasteiger partial charge in [-0.1, -0.05) is 35.8 Å². The smallest absolute Gasteiger partial charge is 0.872 e. The van der Waals surface area contributed by atoms with E-state index in [4.69, 9.17) is 20.9 Å². The van der Waals surface area contributed by atoms with Crippen molar-refractivity contribution in [2.24, 2.45) is 20.5 Å². The van der Waals surface area contributed by atoms with Crippen LogP contribution in [0.15, 0.2) is 114 Å². The minimum absolute atomic E-state index is 0. The van der Waals surface area contributed by atoms with E-state index < -0.39 is 73.0 Å². The molecule has 0 radical (unpaired) electrons. The van der Waals surface area contributed by atoms with Gasteiger partial charge < -0.3 is 35.7 Å². The molecule has 0 fully saturated rings. The van der Waals surface area contributed by atoms with E-state index in [0.29, 0.717) is 23.3 Å². The Morgan fingerprint density at radius 3 is 1.56 bits per heavy atom. The van der Waals surface area contributed by atoms with E-state index in [1.54, 1.807) is 30.3 Å². The molecule has 0 aliphatic rings. The second kappa shape index (κ2) is 19.1. The third-order valence-corrected chi connectivity index (χ3v) is 10.9. The van der Waals surface area contributed by atoms with Crippen molar-refractivity contribution in [3.05, 3.63) is 78.9 Å². The van der Waals surface area contributed by atoms with Crippen molar-refractivity contribution >= 4 is 86.0 Å². The first kappa shape index (κ1) is 49.9. The van der Waals surface area contributed by atoms with E-state index >= 15 is 0 Å². The van der Waals surface area contributed by atoms with Gasteiger partial charge in [-0.3, -0.25) is 9.11 Å². The number of ether oxygens (including phenoxy) is 2. The third kappa shape index (κ3) is 10.4. The molecule has 0 saturated heterocycles. The molecule has 6 rings (SSSR count). The molecule has 0 heterocycles. The summed E-state index contributed by atoms with van der Waals surface area (Å²) in [5, 5.41) is 40.8. The summed E-state index contributed by atoms with van der Waals surface area (Å²) in [6, 6.07) is 16.1. The molecule has 6 aromatic rings. The van der Waals surface area contributed by atoms with Gasteiger partial charge in [0.25, 0.3) is 20.2 Å². The summed E-state index contributed by atoms with van der Waals surface area (Å²) in [7, 11) is -12.2. The van der Waals surface area contributed by atoms with Gasteiger partial charge in [-0.15, -0.1) is 15.3 Å². The molecule has 0 amide bonds. The molecule has 0 aromatic heterocycles. The van der Waals surface area contributed by atoms with Crippen LogP contribution in [0.3, 0.4) is 0 Å². The first-order valence-electron chi connectivity index (χ1n) is 15.4. The van der Waals surface area contributed by atoms with Gasteiger partial charge in [0.05, 0.1) is 30.5 Å². The van der Waals surface area contributed by atoms with Crippen molar-refractivity contribution in [2.75, 3.05) is 25.7 Å². The van der Waals surface area contributed by atoms with Gasteiger partial charge in [-0.2, -0.15) is 21.9 Å². The van der Waals surface area contributed by atoms with Crippen LogP contribution in [0.4, 0.5) is 34.1 Å². The molecule has 0 aliphatic heterocycles. The number of benzene rings is 6. The first-order chi connectivity index (χ1) is 26.2. The Kier molecular flexibility index (Phi) is 16.2. The van der Waals surface area contributed by atoms with E-state index in [9.17, 15) is 49.1 Å². The van der Waals surface area contributed by atoms with Crippen molar-refractivity contribution in [1.29, 1.82) is 0 Å². The van der Waals surface area contributed by atoms with Crippen LogP contribution in [0, 0.1) is 0 Å². The molecule has 0 bridgehead atoms. The van der Waals surface area contributed by atoms with Gasteiger partial charge in [0.2, 0.25) is 0 Å². The summed E-state index contributed by atoms with van der Waals surface area (Å²) in [6.07, 6.45) is 0. The zero-order valence-corrected chi connectivity index (χ0v) is 40.0. The van der Waals surface area contributed by atoms with Crippen molar-refractivity contribution in [3.63, 3.8) is 0 Å². The maximum absolute atomic E-state index is 13.2. The summed E-state index contributed by atoms with van der Waals surface area (Å²) in [5.74, 6) is -1.45. The Labute approximate surface area is 402 Å². The number of nitrogen functional groups attached to an aromatic ring is 2. The Morgan fingerprint density at radius 1 is 0.576 bits per heavy atom. The topological polar surface area (TPSA) is 332 Å². The van der Waals surface area contributed by atoms with Crippen LogP contribution in [0.1, 0.15) is 0 Å². The number of hydrogen-bond donors (Lipinski definition) is 4. The van der Waals surface area contributed by atoms with Gasteiger partial charge in [0, 0.05) is 27.2 Å². The van der Waals surface area contributed by atoms with Crippen LogP contribution in [0.2, 0.25) is 0 Å². The number of hydrogen-bond acceptors (Lipinski definition) is 17. The number of nitrogens with zero attached hydrogens (tertiary/aromatic N) is 4. The Bertz CT molecular complexity index is 3050. The normalized spacial score (nSPS) is 11.9. The first-order valence-corrected chi connectivity index (χ1v) is 19.7. The zero-order valence-electron chi connectivity index (χ0n) is 31.6. The van der Waals surface area contributed by atoms with Crippen LogP contribution < -0.4 is 120 Å². The van der Waals surface area contributed by atoms with Gasteiger partial charge in [0.1, 0.15) is 48.5 Å². The molecule has 0 spiro atoms. The van der Waals surface area contributed by atoms with Gasteiger partial charge in [0.15, 0.2) is 0 Å². The Hall–Kier alpha value is -3.43. The number of methoxy groups -OCH3 is 2. The van der Waals surface area contributed by atoms with Crippen LogP contribution in [0.5, 0.6) is 23.0 Å². The second-order valence-electron chi connectivity index (χ2n) is 11.7. The molecule has 0 atom stereocenters. The zero-order chi connectivity index (χ0) is 40.9. The maximum atomic E-state index is 13.2. The minimum Gasteiger partial charge on any atom is -0.872 e. The SMILES string of the molecule is COc1cc(-c2ccc(N=Nc3ccc4c(S(=O)(=O)O)ccc(N)c4c3[O-])c(OC)c2)ccc1N=Nc1cc(S(=O)(=O)O)c2cc(S(=O)(=O)[O-])cc([O-])c2c1N.[Na+].[Na+].[Na+]. The number of azo groups is 2. The van der Waals surface area contributed by atoms with Crippen LogP contribution in [-0.2, 0) is 30.4 Å². The molecule has 6 N–H and O–H groups in total. The van der Waals surface area contributed by atoms with Crippen LogP contribution in [0.25, 0.3) is 32.7 Å². The fourth-order valence-electron chi connectivity index (χ4n) is 5.71. The van der Waals surface area contributed by atoms with Gasteiger partial charge in [-0.05, 0) is 65.7 Å². The van der Waals surface area contributed by atoms with E-state index in [1.807, 2.05) is 0 Å². The number of fused-ring (bicyclic) bond motifs is 2. The predicted molar refractivity (Wildman–Crippen MR) is 197 cm³/mol. The molecule has 6 aromatic carbocycles. The second-order valence-corrected chi connectivity index (χ2v) is 15.9. The molecule has 0 aliphatic carbocycles. The van der Waals surface area contributed by atoms with Gasteiger partial charge >= 0.3 is 88.7 Å². The van der Waals surface area contributed by atoms with E-state index in [-0.39, 0.29) is 139 Å². The summed E-state index contributed by atoms with van der Waals surface area (Å²) >= 11 is 0. The molecule has 25 heteroatoms. The van der Waals surface area contributed by atoms with E-state index in [2.05, 4.69) is 20.5 Å². The van der Waals surface area contributed by atoms with Crippen molar-refractivity contribution in [3.8, 4) is 34.1 Å². The molecular weight excluding hydrogens is 866 g/mol. The summed E-state index contributed by atoms with van der Waals surface area (Å²) in [5.41, 5.74) is 12.5. The average molecular weight is 891 g/mol. The van der Waals surface area contributed by atoms with E-state index in [1.165, 1.54) is 38.5 Å². The number of rotatable bonds is 10. The van der Waals surface area contributed by atoms with Crippen LogP contribution in [-0.4, -0.2) is 53.1 Å². The molecule has 59 heavy (non-hydrogen) atoms. The Balaban J connectivity index is 0.00000310. The van der Waals surface area contributed by atoms with Crippen LogP contribution >= 0.6 is 0 Å². The summed E-state index contributed by atoms with van der Waals surface area (Å²) < 4.78 is 113. The van der Waals surface area contributed by atoms with Crippen molar-refractivity contribution in [2.45, 2.75) is 14.7 Å².